The van der Waals surface area contributed by atoms with Gasteiger partial charge in [0.25, 0.3) is 5.91 Å². The number of halogens is 1. The number of thioether (sulfide) groups is 1. The lowest BCUT2D eigenvalue weighted by Crippen LogP contribution is -2.63. The van der Waals surface area contributed by atoms with Crippen molar-refractivity contribution in [1.82, 2.24) is 9.58 Å². The first-order valence-corrected chi connectivity index (χ1v) is 14.6. The number of benzene rings is 3. The summed E-state index contributed by atoms with van der Waals surface area (Å²) in [6.45, 7) is 0.773. The van der Waals surface area contributed by atoms with Crippen LogP contribution >= 0.6 is 11.8 Å². The number of nitrogens with zero attached hydrogens (tertiary/aromatic N) is 3. The van der Waals surface area contributed by atoms with Crippen LogP contribution in [0.5, 0.6) is 5.75 Å². The molecule has 1 amide bonds. The Hall–Kier alpha value is -4.04. The maximum Gasteiger partial charge on any atom is 0.278 e. The molecule has 8 heteroatoms. The van der Waals surface area contributed by atoms with Crippen LogP contribution in [-0.4, -0.2) is 28.2 Å². The first-order valence-electron chi connectivity index (χ1n) is 13.6. The molecule has 0 bridgehead atoms. The monoisotopic (exact) mass is 553 g/mol. The second kappa shape index (κ2) is 10.2. The summed E-state index contributed by atoms with van der Waals surface area (Å²) in [6.07, 6.45) is 4.14. The molecule has 0 radical (unpaired) electrons. The standard InChI is InChI=1S/C32H28FN3O3S/c33-23-13-14-24-22(18-23)20-40-27-11-5-4-10-25(27)29(24)36-28-12-6-7-16-34(28)32(38)30-31(26(37)15-17-35(30)36)39-19-21-8-2-1-3-9-21/h1-5,8-11,13-15,17-18,28-29H,6-7,12,16,19-20H2/t28-,29+/m1/s1. The van der Waals surface area contributed by atoms with Crippen LogP contribution < -0.4 is 15.2 Å². The Labute approximate surface area is 236 Å². The quantitative estimate of drug-likeness (QED) is 0.317. The molecule has 2 atom stereocenters. The van der Waals surface area contributed by atoms with Crippen molar-refractivity contribution in [2.45, 2.75) is 48.7 Å². The Kier molecular flexibility index (Phi) is 6.35. The third-order valence-corrected chi connectivity index (χ3v) is 9.15. The van der Waals surface area contributed by atoms with Gasteiger partial charge in [-0.25, -0.2) is 4.39 Å². The molecule has 0 N–H and O–H groups in total. The van der Waals surface area contributed by atoms with Crippen molar-refractivity contribution >= 4 is 17.7 Å². The maximum atomic E-state index is 14.5. The molecule has 40 heavy (non-hydrogen) atoms. The van der Waals surface area contributed by atoms with E-state index in [2.05, 4.69) is 17.1 Å². The Balaban J connectivity index is 1.44. The number of fused-ring (bicyclic) bond motifs is 4. The van der Waals surface area contributed by atoms with Gasteiger partial charge >= 0.3 is 0 Å². The highest BCUT2D eigenvalue weighted by molar-refractivity contribution is 7.98. The summed E-state index contributed by atoms with van der Waals surface area (Å²) in [7, 11) is 0. The van der Waals surface area contributed by atoms with Gasteiger partial charge in [-0.3, -0.25) is 19.3 Å². The molecule has 3 aliphatic heterocycles. The van der Waals surface area contributed by atoms with Crippen molar-refractivity contribution in [3.05, 3.63) is 129 Å². The Bertz CT molecular complexity index is 1660. The molecule has 1 aromatic heterocycles. The third kappa shape index (κ3) is 4.18. The molecule has 0 spiro atoms. The molecule has 1 fully saturated rings. The van der Waals surface area contributed by atoms with Crippen LogP contribution in [0.3, 0.4) is 0 Å². The second-order valence-electron chi connectivity index (χ2n) is 10.4. The number of rotatable bonds is 4. The molecule has 0 unspecified atom stereocenters. The molecule has 1 saturated heterocycles. The minimum absolute atomic E-state index is 0.0565. The fraction of sp³-hybridized carbons (Fsp3) is 0.250. The molecule has 4 heterocycles. The number of carbonyl (C=O) groups is 1. The van der Waals surface area contributed by atoms with E-state index in [9.17, 15) is 14.0 Å². The number of ether oxygens (including phenoxy) is 1. The highest BCUT2D eigenvalue weighted by Gasteiger charge is 2.45. The van der Waals surface area contributed by atoms with Gasteiger partial charge in [0.05, 0.1) is 6.04 Å². The van der Waals surface area contributed by atoms with Gasteiger partial charge in [0.15, 0.2) is 11.4 Å². The summed E-state index contributed by atoms with van der Waals surface area (Å²) in [6, 6.07) is 24.1. The summed E-state index contributed by atoms with van der Waals surface area (Å²) in [5, 5.41) is 2.21. The molecule has 0 saturated carbocycles. The SMILES string of the molecule is O=C1c2c(OCc3ccccc3)c(=O)ccn2N([C@H]2c3ccc(F)cc3CSc3ccccc32)[C@@H]2CCCCN12. The largest absolute Gasteiger partial charge is 0.482 e. The second-order valence-corrected chi connectivity index (χ2v) is 11.4. The van der Waals surface area contributed by atoms with Crippen LogP contribution in [-0.2, 0) is 12.4 Å². The minimum atomic E-state index is -0.328. The zero-order valence-corrected chi connectivity index (χ0v) is 22.6. The average Bonchev–Trinajstić information content (AvgIpc) is 3.14. The van der Waals surface area contributed by atoms with E-state index in [0.717, 1.165) is 46.4 Å². The van der Waals surface area contributed by atoms with E-state index in [0.29, 0.717) is 12.3 Å². The Morgan fingerprint density at radius 2 is 1.75 bits per heavy atom. The van der Waals surface area contributed by atoms with Crippen molar-refractivity contribution in [2.24, 2.45) is 0 Å². The van der Waals surface area contributed by atoms with Gasteiger partial charge in [-0.05, 0) is 59.7 Å². The molecule has 3 aliphatic rings. The molecule has 202 valence electrons. The first kappa shape index (κ1) is 25.0. The fourth-order valence-electron chi connectivity index (χ4n) is 6.18. The van der Waals surface area contributed by atoms with Gasteiger partial charge < -0.3 is 9.64 Å². The minimum Gasteiger partial charge on any atom is -0.482 e. The van der Waals surface area contributed by atoms with Gasteiger partial charge in [-0.2, -0.15) is 0 Å². The van der Waals surface area contributed by atoms with Crippen LogP contribution in [0.2, 0.25) is 0 Å². The first-order chi connectivity index (χ1) is 19.6. The van der Waals surface area contributed by atoms with Gasteiger partial charge in [0.2, 0.25) is 5.43 Å². The van der Waals surface area contributed by atoms with Crippen LogP contribution in [0, 0.1) is 5.82 Å². The van der Waals surface area contributed by atoms with Gasteiger partial charge in [0.1, 0.15) is 18.6 Å². The lowest BCUT2D eigenvalue weighted by atomic mass is 9.92. The van der Waals surface area contributed by atoms with Crippen LogP contribution in [0.1, 0.15) is 58.0 Å². The number of hydrogen-bond acceptors (Lipinski definition) is 5. The van der Waals surface area contributed by atoms with Crippen molar-refractivity contribution in [3.63, 3.8) is 0 Å². The lowest BCUT2D eigenvalue weighted by molar-refractivity contribution is 0.0459. The number of pyridine rings is 1. The maximum absolute atomic E-state index is 14.5. The molecular weight excluding hydrogens is 525 g/mol. The highest BCUT2D eigenvalue weighted by atomic mass is 32.2. The van der Waals surface area contributed by atoms with Gasteiger partial charge in [0, 0.05) is 29.5 Å². The summed E-state index contributed by atoms with van der Waals surface area (Å²) >= 11 is 1.69. The van der Waals surface area contributed by atoms with Crippen molar-refractivity contribution in [3.8, 4) is 5.75 Å². The fourth-order valence-corrected chi connectivity index (χ4v) is 7.26. The molecule has 3 aromatic carbocycles. The molecular formula is C32H28FN3O3S. The number of amides is 1. The Morgan fingerprint density at radius 3 is 2.62 bits per heavy atom. The Morgan fingerprint density at radius 1 is 0.925 bits per heavy atom. The topological polar surface area (TPSA) is 54.8 Å². The van der Waals surface area contributed by atoms with E-state index in [1.54, 1.807) is 24.0 Å². The van der Waals surface area contributed by atoms with E-state index in [1.807, 2.05) is 58.1 Å². The van der Waals surface area contributed by atoms with Crippen molar-refractivity contribution in [1.29, 1.82) is 0 Å². The predicted octanol–water partition coefficient (Wildman–Crippen LogP) is 5.87. The van der Waals surface area contributed by atoms with E-state index in [4.69, 9.17) is 4.74 Å². The van der Waals surface area contributed by atoms with Crippen LogP contribution in [0.25, 0.3) is 0 Å². The smallest absolute Gasteiger partial charge is 0.278 e. The predicted molar refractivity (Wildman–Crippen MR) is 153 cm³/mol. The van der Waals surface area contributed by atoms with Crippen LogP contribution in [0.4, 0.5) is 4.39 Å². The van der Waals surface area contributed by atoms with E-state index >= 15 is 0 Å². The van der Waals surface area contributed by atoms with E-state index < -0.39 is 0 Å². The van der Waals surface area contributed by atoms with E-state index in [-0.39, 0.29) is 47.4 Å². The average molecular weight is 554 g/mol. The zero-order valence-electron chi connectivity index (χ0n) is 21.8. The van der Waals surface area contributed by atoms with Gasteiger partial charge in [-0.1, -0.05) is 54.6 Å². The van der Waals surface area contributed by atoms with E-state index in [1.165, 1.54) is 12.1 Å². The number of carbonyl (C=O) groups excluding carboxylic acids is 1. The summed E-state index contributed by atoms with van der Waals surface area (Å²) in [5.74, 6) is 0.237. The lowest BCUT2D eigenvalue weighted by Gasteiger charge is -2.52. The van der Waals surface area contributed by atoms with Crippen molar-refractivity contribution < 1.29 is 13.9 Å². The van der Waals surface area contributed by atoms with Crippen LogP contribution in [0.15, 0.2) is 94.7 Å². The highest BCUT2D eigenvalue weighted by Crippen LogP contribution is 2.45. The third-order valence-electron chi connectivity index (χ3n) is 8.01. The molecule has 4 aromatic rings. The van der Waals surface area contributed by atoms with Crippen molar-refractivity contribution in [2.75, 3.05) is 11.6 Å². The number of piperidine rings is 1. The normalized spacial score (nSPS) is 19.7. The number of hydrogen-bond donors (Lipinski definition) is 0. The molecule has 0 aliphatic carbocycles. The summed E-state index contributed by atoms with van der Waals surface area (Å²) < 4.78 is 22.4. The molecule has 6 nitrogen and oxygen atoms in total. The number of aromatic nitrogens is 1. The molecule has 7 rings (SSSR count). The van der Waals surface area contributed by atoms with Gasteiger partial charge in [-0.15, -0.1) is 11.8 Å². The summed E-state index contributed by atoms with van der Waals surface area (Å²) in [4.78, 5) is 30.3. The summed E-state index contributed by atoms with van der Waals surface area (Å²) in [5.41, 5.74) is 3.83. The zero-order chi connectivity index (χ0) is 27.2.